The van der Waals surface area contributed by atoms with E-state index in [2.05, 4.69) is 15.0 Å². The van der Waals surface area contributed by atoms with E-state index in [0.717, 1.165) is 18.5 Å². The molecule has 1 amide bonds. The molecule has 2 aliphatic heterocycles. The zero-order valence-electron chi connectivity index (χ0n) is 22.9. The van der Waals surface area contributed by atoms with E-state index in [1.54, 1.807) is 23.1 Å². The summed E-state index contributed by atoms with van der Waals surface area (Å²) in [5.74, 6) is -0.459. The SMILES string of the molecule is CC1(O)CCN(Cc2cccc(C(=O)N3CCC(O)(Cn4cnc5c(cnn5-c5ccc(F)cc5)c4=O)CC3)c2)C1. The lowest BCUT2D eigenvalue weighted by atomic mass is 9.90. The molecule has 0 radical (unpaired) electrons. The van der Waals surface area contributed by atoms with Crippen LogP contribution in [0, 0.1) is 5.82 Å². The molecule has 10 nitrogen and oxygen atoms in total. The maximum Gasteiger partial charge on any atom is 0.264 e. The number of nitrogens with zero attached hydrogens (tertiary/aromatic N) is 6. The number of amides is 1. The van der Waals surface area contributed by atoms with Gasteiger partial charge in [-0.1, -0.05) is 12.1 Å². The van der Waals surface area contributed by atoms with Crippen molar-refractivity contribution >= 4 is 16.9 Å². The van der Waals surface area contributed by atoms with Crippen LogP contribution in [-0.2, 0) is 13.1 Å². The molecule has 2 aromatic heterocycles. The number of aromatic nitrogens is 4. The second kappa shape index (κ2) is 10.5. The van der Waals surface area contributed by atoms with Crippen molar-refractivity contribution in [1.29, 1.82) is 0 Å². The first-order valence-corrected chi connectivity index (χ1v) is 13.8. The summed E-state index contributed by atoms with van der Waals surface area (Å²) in [7, 11) is 0. The number of carbonyl (C=O) groups excluding carboxylic acids is 1. The number of β-amino-alcohol motifs (C(OH)–C–C–N with tert-alkyl or cyclic N) is 1. The Kier molecular flexibility index (Phi) is 6.96. The molecule has 2 fully saturated rings. The fourth-order valence-corrected chi connectivity index (χ4v) is 5.85. The molecule has 1 unspecified atom stereocenters. The third-order valence-electron chi connectivity index (χ3n) is 8.18. The van der Waals surface area contributed by atoms with Crippen molar-refractivity contribution in [2.45, 2.75) is 50.5 Å². The van der Waals surface area contributed by atoms with Crippen molar-refractivity contribution in [2.75, 3.05) is 26.2 Å². The van der Waals surface area contributed by atoms with E-state index < -0.39 is 11.2 Å². The Labute approximate surface area is 236 Å². The van der Waals surface area contributed by atoms with Gasteiger partial charge in [-0.2, -0.15) is 5.10 Å². The largest absolute Gasteiger partial charge is 0.389 e. The minimum Gasteiger partial charge on any atom is -0.389 e. The molecule has 4 heterocycles. The summed E-state index contributed by atoms with van der Waals surface area (Å²) in [5, 5.41) is 26.1. The molecule has 2 aromatic carbocycles. The molecule has 41 heavy (non-hydrogen) atoms. The molecule has 0 bridgehead atoms. The van der Waals surface area contributed by atoms with Gasteiger partial charge in [-0.15, -0.1) is 0 Å². The molecule has 0 saturated carbocycles. The number of halogens is 1. The van der Waals surface area contributed by atoms with E-state index in [4.69, 9.17) is 0 Å². The summed E-state index contributed by atoms with van der Waals surface area (Å²) in [4.78, 5) is 34.8. The van der Waals surface area contributed by atoms with Gasteiger partial charge >= 0.3 is 0 Å². The number of fused-ring (bicyclic) bond motifs is 1. The Hall–Kier alpha value is -3.93. The lowest BCUT2D eigenvalue weighted by molar-refractivity contribution is -0.0299. The first-order valence-electron chi connectivity index (χ1n) is 13.8. The first kappa shape index (κ1) is 27.3. The van der Waals surface area contributed by atoms with Crippen molar-refractivity contribution in [3.8, 4) is 5.69 Å². The zero-order chi connectivity index (χ0) is 28.8. The molecule has 6 rings (SSSR count). The number of rotatable bonds is 6. The summed E-state index contributed by atoms with van der Waals surface area (Å²) in [5.41, 5.74) is 0.384. The molecule has 1 atom stereocenters. The van der Waals surface area contributed by atoms with Crippen molar-refractivity contribution in [2.24, 2.45) is 0 Å². The molecule has 2 N–H and O–H groups in total. The van der Waals surface area contributed by atoms with Crippen LogP contribution in [0.25, 0.3) is 16.7 Å². The van der Waals surface area contributed by atoms with Gasteiger partial charge in [0.15, 0.2) is 5.65 Å². The highest BCUT2D eigenvalue weighted by Crippen LogP contribution is 2.26. The van der Waals surface area contributed by atoms with Gasteiger partial charge in [0.05, 0.1) is 29.6 Å². The number of aliphatic hydroxyl groups is 2. The average Bonchev–Trinajstić information content (AvgIpc) is 3.54. The zero-order valence-corrected chi connectivity index (χ0v) is 22.9. The van der Waals surface area contributed by atoms with Gasteiger partial charge in [-0.05, 0) is 68.1 Å². The average molecular weight is 561 g/mol. The maximum atomic E-state index is 13.3. The topological polar surface area (TPSA) is 117 Å². The highest BCUT2D eigenvalue weighted by Gasteiger charge is 2.35. The predicted molar refractivity (Wildman–Crippen MR) is 150 cm³/mol. The molecule has 4 aromatic rings. The van der Waals surface area contributed by atoms with Gasteiger partial charge in [-0.25, -0.2) is 14.1 Å². The van der Waals surface area contributed by atoms with Crippen LogP contribution in [0.4, 0.5) is 4.39 Å². The first-order chi connectivity index (χ1) is 19.6. The molecule has 0 aliphatic carbocycles. The number of hydrogen-bond donors (Lipinski definition) is 2. The number of benzene rings is 2. The molecule has 2 aliphatic rings. The van der Waals surface area contributed by atoms with Gasteiger partial charge < -0.3 is 15.1 Å². The summed E-state index contributed by atoms with van der Waals surface area (Å²) < 4.78 is 16.2. The van der Waals surface area contributed by atoms with Crippen LogP contribution < -0.4 is 5.56 Å². The van der Waals surface area contributed by atoms with Gasteiger partial charge in [0, 0.05) is 38.3 Å². The number of piperidine rings is 1. The smallest absolute Gasteiger partial charge is 0.264 e. The van der Waals surface area contributed by atoms with Crippen LogP contribution in [-0.4, -0.2) is 82.6 Å². The van der Waals surface area contributed by atoms with E-state index in [0.29, 0.717) is 61.3 Å². The Bertz CT molecular complexity index is 1640. The predicted octanol–water partition coefficient (Wildman–Crippen LogP) is 2.35. The fraction of sp³-hybridized carbons (Fsp3) is 0.400. The van der Waals surface area contributed by atoms with Crippen molar-refractivity contribution in [1.82, 2.24) is 29.1 Å². The summed E-state index contributed by atoms with van der Waals surface area (Å²) in [6, 6.07) is 13.3. The van der Waals surface area contributed by atoms with Crippen LogP contribution in [0.3, 0.4) is 0 Å². The van der Waals surface area contributed by atoms with Gasteiger partial charge in [0.1, 0.15) is 17.5 Å². The van der Waals surface area contributed by atoms with Crippen LogP contribution in [0.2, 0.25) is 0 Å². The minimum atomic E-state index is -1.17. The molecular weight excluding hydrogens is 527 g/mol. The number of hydrogen-bond acceptors (Lipinski definition) is 7. The highest BCUT2D eigenvalue weighted by molar-refractivity contribution is 5.94. The second-order valence-corrected chi connectivity index (χ2v) is 11.6. The van der Waals surface area contributed by atoms with Gasteiger partial charge in [-0.3, -0.25) is 19.1 Å². The molecule has 214 valence electrons. The number of likely N-dealkylation sites (tertiary alicyclic amines) is 2. The Balaban J connectivity index is 1.11. The van der Waals surface area contributed by atoms with Crippen LogP contribution >= 0.6 is 0 Å². The Morgan fingerprint density at radius 3 is 2.51 bits per heavy atom. The maximum absolute atomic E-state index is 13.3. The van der Waals surface area contributed by atoms with E-state index in [1.165, 1.54) is 33.9 Å². The monoisotopic (exact) mass is 560 g/mol. The van der Waals surface area contributed by atoms with Gasteiger partial charge in [0.25, 0.3) is 11.5 Å². The summed E-state index contributed by atoms with van der Waals surface area (Å²) >= 11 is 0. The molecular formula is C30H33FN6O4. The second-order valence-electron chi connectivity index (χ2n) is 11.6. The normalized spacial score (nSPS) is 21.0. The van der Waals surface area contributed by atoms with Crippen LogP contribution in [0.15, 0.2) is 65.8 Å². The van der Waals surface area contributed by atoms with Crippen molar-refractivity contribution in [3.05, 3.63) is 88.4 Å². The minimum absolute atomic E-state index is 0.0492. The third kappa shape index (κ3) is 5.65. The van der Waals surface area contributed by atoms with E-state index >= 15 is 0 Å². The van der Waals surface area contributed by atoms with Crippen LogP contribution in [0.5, 0.6) is 0 Å². The molecule has 2 saturated heterocycles. The van der Waals surface area contributed by atoms with E-state index in [9.17, 15) is 24.2 Å². The van der Waals surface area contributed by atoms with Crippen molar-refractivity contribution < 1.29 is 19.4 Å². The third-order valence-corrected chi connectivity index (χ3v) is 8.18. The van der Waals surface area contributed by atoms with Crippen LogP contribution in [0.1, 0.15) is 42.1 Å². The van der Waals surface area contributed by atoms with E-state index in [1.807, 2.05) is 25.1 Å². The highest BCUT2D eigenvalue weighted by atomic mass is 19.1. The Morgan fingerprint density at radius 2 is 1.80 bits per heavy atom. The van der Waals surface area contributed by atoms with Gasteiger partial charge in [0.2, 0.25) is 0 Å². The standard InChI is InChI=1S/C30H33FN6O4/c1-29(40)9-12-34(18-29)17-21-3-2-4-22(15-21)27(38)35-13-10-30(41,11-14-35)19-36-20-32-26-25(28(36)39)16-33-37(26)24-7-5-23(31)6-8-24/h2-8,15-16,20,40-41H,9-14,17-19H2,1H3. The molecule has 0 spiro atoms. The van der Waals surface area contributed by atoms with Crippen molar-refractivity contribution in [3.63, 3.8) is 0 Å². The summed E-state index contributed by atoms with van der Waals surface area (Å²) in [6.07, 6.45) is 4.20. The summed E-state index contributed by atoms with van der Waals surface area (Å²) in [6.45, 7) is 4.72. The number of carbonyl (C=O) groups is 1. The van der Waals surface area contributed by atoms with E-state index in [-0.39, 0.29) is 23.8 Å². The fourth-order valence-electron chi connectivity index (χ4n) is 5.85. The lowest BCUT2D eigenvalue weighted by Gasteiger charge is -2.38. The molecule has 11 heteroatoms. The lowest BCUT2D eigenvalue weighted by Crippen LogP contribution is -2.49. The quantitative estimate of drug-likeness (QED) is 0.372. The Morgan fingerprint density at radius 1 is 1.05 bits per heavy atom.